The van der Waals surface area contributed by atoms with Gasteiger partial charge < -0.3 is 10.1 Å². The Morgan fingerprint density at radius 2 is 1.68 bits per heavy atom. The van der Waals surface area contributed by atoms with Crippen LogP contribution in [-0.2, 0) is 4.79 Å². The van der Waals surface area contributed by atoms with Gasteiger partial charge in [0.1, 0.15) is 5.75 Å². The Morgan fingerprint density at radius 1 is 1.00 bits per heavy atom. The molecule has 0 spiro atoms. The van der Waals surface area contributed by atoms with Crippen LogP contribution in [0.5, 0.6) is 5.75 Å². The van der Waals surface area contributed by atoms with Crippen LogP contribution in [-0.4, -0.2) is 18.7 Å². The van der Waals surface area contributed by atoms with Gasteiger partial charge in [-0.15, -0.1) is 0 Å². The molecule has 28 heavy (non-hydrogen) atoms. The molecule has 0 unspecified atom stereocenters. The first-order valence-electron chi connectivity index (χ1n) is 9.28. The SMILES string of the molecule is Cc1ccc(N=Cc2ccc(OCC(=O)N[C@H](C)c3ccccc3)cc2)cc1. The normalized spacial score (nSPS) is 11.9. The molecular weight excluding hydrogens is 348 g/mol. The number of amides is 1. The second kappa shape index (κ2) is 9.51. The monoisotopic (exact) mass is 372 g/mol. The molecule has 0 aliphatic carbocycles. The summed E-state index contributed by atoms with van der Waals surface area (Å²) in [7, 11) is 0. The van der Waals surface area contributed by atoms with Gasteiger partial charge in [-0.05, 0) is 61.4 Å². The molecule has 0 saturated heterocycles. The molecule has 0 heterocycles. The van der Waals surface area contributed by atoms with Crippen molar-refractivity contribution < 1.29 is 9.53 Å². The number of rotatable bonds is 7. The molecule has 142 valence electrons. The van der Waals surface area contributed by atoms with Gasteiger partial charge >= 0.3 is 0 Å². The first-order chi connectivity index (χ1) is 13.6. The van der Waals surface area contributed by atoms with E-state index in [1.165, 1.54) is 5.56 Å². The van der Waals surface area contributed by atoms with Gasteiger partial charge in [-0.1, -0.05) is 48.0 Å². The predicted molar refractivity (Wildman–Crippen MR) is 113 cm³/mol. The molecule has 1 N–H and O–H groups in total. The van der Waals surface area contributed by atoms with Crippen molar-refractivity contribution in [2.45, 2.75) is 19.9 Å². The van der Waals surface area contributed by atoms with Gasteiger partial charge in [-0.3, -0.25) is 9.79 Å². The number of carbonyl (C=O) groups excluding carboxylic acids is 1. The van der Waals surface area contributed by atoms with Crippen molar-refractivity contribution in [3.63, 3.8) is 0 Å². The van der Waals surface area contributed by atoms with Crippen molar-refractivity contribution in [2.75, 3.05) is 6.61 Å². The number of aliphatic imine (C=N–C) groups is 1. The van der Waals surface area contributed by atoms with E-state index >= 15 is 0 Å². The van der Waals surface area contributed by atoms with E-state index < -0.39 is 0 Å². The average molecular weight is 372 g/mol. The zero-order chi connectivity index (χ0) is 19.8. The number of aryl methyl sites for hydroxylation is 1. The second-order valence-corrected chi connectivity index (χ2v) is 6.65. The van der Waals surface area contributed by atoms with Gasteiger partial charge in [-0.25, -0.2) is 0 Å². The highest BCUT2D eigenvalue weighted by atomic mass is 16.5. The van der Waals surface area contributed by atoms with E-state index in [-0.39, 0.29) is 18.6 Å². The van der Waals surface area contributed by atoms with Crippen LogP contribution >= 0.6 is 0 Å². The maximum atomic E-state index is 12.1. The summed E-state index contributed by atoms with van der Waals surface area (Å²) >= 11 is 0. The van der Waals surface area contributed by atoms with Crippen LogP contribution in [0.25, 0.3) is 0 Å². The Kier molecular flexibility index (Phi) is 6.58. The molecule has 4 nitrogen and oxygen atoms in total. The average Bonchev–Trinajstić information content (AvgIpc) is 2.73. The van der Waals surface area contributed by atoms with E-state index in [9.17, 15) is 4.79 Å². The van der Waals surface area contributed by atoms with E-state index in [2.05, 4.69) is 17.2 Å². The number of ether oxygens (including phenoxy) is 1. The number of nitrogens with one attached hydrogen (secondary N) is 1. The standard InChI is InChI=1S/C24H24N2O2/c1-18-8-12-22(13-9-18)25-16-20-10-14-23(15-11-20)28-17-24(27)26-19(2)21-6-4-3-5-7-21/h3-16,19H,17H2,1-2H3,(H,26,27)/t19-/m1/s1. The third-order valence-electron chi connectivity index (χ3n) is 4.32. The van der Waals surface area contributed by atoms with Crippen LogP contribution in [0, 0.1) is 6.92 Å². The lowest BCUT2D eigenvalue weighted by Crippen LogP contribution is -2.31. The van der Waals surface area contributed by atoms with Crippen molar-refractivity contribution >= 4 is 17.8 Å². The Morgan fingerprint density at radius 3 is 2.36 bits per heavy atom. The summed E-state index contributed by atoms with van der Waals surface area (Å²) in [6, 6.07) is 25.3. The zero-order valence-electron chi connectivity index (χ0n) is 16.1. The fraction of sp³-hybridized carbons (Fsp3) is 0.167. The van der Waals surface area contributed by atoms with E-state index in [0.29, 0.717) is 5.75 Å². The quantitative estimate of drug-likeness (QED) is 0.593. The predicted octanol–water partition coefficient (Wildman–Crippen LogP) is 5.00. The Balaban J connectivity index is 1.48. The highest BCUT2D eigenvalue weighted by Crippen LogP contribution is 2.15. The summed E-state index contributed by atoms with van der Waals surface area (Å²) in [5, 5.41) is 2.94. The minimum absolute atomic E-state index is 0.0199. The van der Waals surface area contributed by atoms with Gasteiger partial charge in [0.05, 0.1) is 11.7 Å². The molecule has 0 radical (unpaired) electrons. The first-order valence-corrected chi connectivity index (χ1v) is 9.28. The lowest BCUT2D eigenvalue weighted by atomic mass is 10.1. The smallest absolute Gasteiger partial charge is 0.258 e. The van der Waals surface area contributed by atoms with Crippen molar-refractivity contribution in [1.29, 1.82) is 0 Å². The number of nitrogens with zero attached hydrogens (tertiary/aromatic N) is 1. The number of hydrogen-bond acceptors (Lipinski definition) is 3. The fourth-order valence-corrected chi connectivity index (χ4v) is 2.69. The summed E-state index contributed by atoms with van der Waals surface area (Å²) in [6.07, 6.45) is 1.81. The third kappa shape index (κ3) is 5.81. The van der Waals surface area contributed by atoms with Gasteiger partial charge in [0, 0.05) is 6.21 Å². The number of benzene rings is 3. The van der Waals surface area contributed by atoms with Gasteiger partial charge in [-0.2, -0.15) is 0 Å². The molecule has 3 aromatic carbocycles. The molecule has 1 atom stereocenters. The second-order valence-electron chi connectivity index (χ2n) is 6.65. The fourth-order valence-electron chi connectivity index (χ4n) is 2.69. The molecule has 0 aromatic heterocycles. The van der Waals surface area contributed by atoms with Crippen LogP contribution in [0.15, 0.2) is 83.9 Å². The molecule has 0 bridgehead atoms. The van der Waals surface area contributed by atoms with Crippen molar-refractivity contribution in [1.82, 2.24) is 5.32 Å². The molecule has 0 aliphatic rings. The van der Waals surface area contributed by atoms with Crippen LogP contribution in [0.1, 0.15) is 29.7 Å². The minimum Gasteiger partial charge on any atom is -0.484 e. The summed E-state index contributed by atoms with van der Waals surface area (Å²) in [6.45, 7) is 3.98. The Bertz CT molecular complexity index is 917. The molecule has 0 saturated carbocycles. The van der Waals surface area contributed by atoms with Crippen molar-refractivity contribution in [3.8, 4) is 5.75 Å². The summed E-state index contributed by atoms with van der Waals surface area (Å²) in [5.74, 6) is 0.497. The number of carbonyl (C=O) groups is 1. The molecule has 0 aliphatic heterocycles. The van der Waals surface area contributed by atoms with Gasteiger partial charge in [0.25, 0.3) is 5.91 Å². The van der Waals surface area contributed by atoms with Crippen molar-refractivity contribution in [2.24, 2.45) is 4.99 Å². The van der Waals surface area contributed by atoms with Crippen LogP contribution < -0.4 is 10.1 Å². The lowest BCUT2D eigenvalue weighted by molar-refractivity contribution is -0.123. The summed E-state index contributed by atoms with van der Waals surface area (Å²) in [4.78, 5) is 16.5. The van der Waals surface area contributed by atoms with Crippen molar-refractivity contribution in [3.05, 3.63) is 95.6 Å². The molecular formula is C24H24N2O2. The van der Waals surface area contributed by atoms with Crippen LogP contribution in [0.4, 0.5) is 5.69 Å². The topological polar surface area (TPSA) is 50.7 Å². The zero-order valence-corrected chi connectivity index (χ0v) is 16.1. The van der Waals surface area contributed by atoms with Gasteiger partial charge in [0.2, 0.25) is 0 Å². The highest BCUT2D eigenvalue weighted by Gasteiger charge is 2.09. The maximum Gasteiger partial charge on any atom is 0.258 e. The Hall–Kier alpha value is -3.40. The summed E-state index contributed by atoms with van der Waals surface area (Å²) in [5.41, 5.74) is 4.15. The highest BCUT2D eigenvalue weighted by molar-refractivity contribution is 5.82. The first kappa shape index (κ1) is 19.4. The molecule has 3 aromatic rings. The molecule has 4 heteroatoms. The van der Waals surface area contributed by atoms with Crippen LogP contribution in [0.3, 0.4) is 0 Å². The molecule has 1 amide bonds. The molecule has 3 rings (SSSR count). The number of hydrogen-bond donors (Lipinski definition) is 1. The van der Waals surface area contributed by atoms with Gasteiger partial charge in [0.15, 0.2) is 6.61 Å². The third-order valence-corrected chi connectivity index (χ3v) is 4.32. The summed E-state index contributed by atoms with van der Waals surface area (Å²) < 4.78 is 5.58. The van der Waals surface area contributed by atoms with E-state index in [1.807, 2.05) is 92.0 Å². The molecule has 0 fully saturated rings. The van der Waals surface area contributed by atoms with E-state index in [0.717, 1.165) is 16.8 Å². The maximum absolute atomic E-state index is 12.1. The lowest BCUT2D eigenvalue weighted by Gasteiger charge is -2.14. The van der Waals surface area contributed by atoms with E-state index in [4.69, 9.17) is 4.74 Å². The largest absolute Gasteiger partial charge is 0.484 e. The van der Waals surface area contributed by atoms with E-state index in [1.54, 1.807) is 0 Å². The Labute approximate surface area is 165 Å². The minimum atomic E-state index is -0.152. The van der Waals surface area contributed by atoms with Crippen LogP contribution in [0.2, 0.25) is 0 Å².